The third-order valence-corrected chi connectivity index (χ3v) is 4.15. The molecule has 3 aromatic rings. The quantitative estimate of drug-likeness (QED) is 0.603. The topological polar surface area (TPSA) is 47.6 Å². The summed E-state index contributed by atoms with van der Waals surface area (Å²) in [6, 6.07) is 19.6. The van der Waals surface area contributed by atoms with E-state index in [0.29, 0.717) is 25.3 Å². The average Bonchev–Trinajstić information content (AvgIpc) is 2.70. The number of carbonyl (C=O) groups excluding carboxylic acids is 1. The largest absolute Gasteiger partial charge is 0.492 e. The Morgan fingerprint density at radius 3 is 2.44 bits per heavy atom. The fourth-order valence-electron chi connectivity index (χ4n) is 2.71. The summed E-state index contributed by atoms with van der Waals surface area (Å²) in [5.74, 6) is 0.665. The van der Waals surface area contributed by atoms with Crippen LogP contribution in [0, 0.1) is 5.82 Å². The van der Waals surface area contributed by atoms with Crippen LogP contribution < -0.4 is 14.8 Å². The fourth-order valence-corrected chi connectivity index (χ4v) is 2.71. The third-order valence-electron chi connectivity index (χ3n) is 4.15. The van der Waals surface area contributed by atoms with Gasteiger partial charge in [-0.3, -0.25) is 4.79 Å². The Balaban J connectivity index is 1.46. The molecule has 27 heavy (non-hydrogen) atoms. The standard InChI is InChI=1S/C22H22FNO3/c1-2-21(27-19-11-8-18(23)9-12-19)22(25)24-13-14-26-20-10-7-16-5-3-4-6-17(16)15-20/h3-12,15,21H,2,13-14H2,1H3,(H,24,25)/t21-/m0/s1. The first-order valence-electron chi connectivity index (χ1n) is 8.97. The van der Waals surface area contributed by atoms with Gasteiger partial charge in [-0.25, -0.2) is 4.39 Å². The van der Waals surface area contributed by atoms with Crippen LogP contribution in [0.5, 0.6) is 11.5 Å². The smallest absolute Gasteiger partial charge is 0.261 e. The summed E-state index contributed by atoms with van der Waals surface area (Å²) < 4.78 is 24.3. The Hall–Kier alpha value is -3.08. The first-order chi connectivity index (χ1) is 13.2. The van der Waals surface area contributed by atoms with Crippen LogP contribution in [0.1, 0.15) is 13.3 Å². The Morgan fingerprint density at radius 1 is 1.00 bits per heavy atom. The van der Waals surface area contributed by atoms with Gasteiger partial charge >= 0.3 is 0 Å². The van der Waals surface area contributed by atoms with E-state index >= 15 is 0 Å². The second kappa shape index (κ2) is 9.03. The lowest BCUT2D eigenvalue weighted by molar-refractivity contribution is -0.128. The van der Waals surface area contributed by atoms with E-state index in [2.05, 4.69) is 5.32 Å². The van der Waals surface area contributed by atoms with Crippen LogP contribution in [0.3, 0.4) is 0 Å². The van der Waals surface area contributed by atoms with E-state index in [4.69, 9.17) is 9.47 Å². The normalized spacial score (nSPS) is 11.8. The predicted octanol–water partition coefficient (Wildman–Crippen LogP) is 4.33. The van der Waals surface area contributed by atoms with Gasteiger partial charge in [0.1, 0.15) is 23.9 Å². The maximum Gasteiger partial charge on any atom is 0.261 e. The van der Waals surface area contributed by atoms with E-state index in [1.165, 1.54) is 24.3 Å². The van der Waals surface area contributed by atoms with Crippen molar-refractivity contribution in [3.05, 3.63) is 72.5 Å². The van der Waals surface area contributed by atoms with E-state index < -0.39 is 6.10 Å². The van der Waals surface area contributed by atoms with Gasteiger partial charge in [-0.05, 0) is 53.6 Å². The van der Waals surface area contributed by atoms with Crippen molar-refractivity contribution >= 4 is 16.7 Å². The molecule has 1 atom stereocenters. The zero-order chi connectivity index (χ0) is 19.1. The number of ether oxygens (including phenoxy) is 2. The van der Waals surface area contributed by atoms with Gasteiger partial charge in [0.25, 0.3) is 5.91 Å². The number of amides is 1. The second-order valence-electron chi connectivity index (χ2n) is 6.12. The van der Waals surface area contributed by atoms with Crippen LogP contribution in [-0.2, 0) is 4.79 Å². The molecule has 0 aromatic heterocycles. The highest BCUT2D eigenvalue weighted by atomic mass is 19.1. The lowest BCUT2D eigenvalue weighted by Crippen LogP contribution is -2.39. The first-order valence-corrected chi connectivity index (χ1v) is 8.97. The molecule has 0 aliphatic carbocycles. The molecule has 0 fully saturated rings. The summed E-state index contributed by atoms with van der Waals surface area (Å²) in [7, 11) is 0. The molecule has 0 unspecified atom stereocenters. The predicted molar refractivity (Wildman–Crippen MR) is 104 cm³/mol. The second-order valence-corrected chi connectivity index (χ2v) is 6.12. The zero-order valence-electron chi connectivity index (χ0n) is 15.2. The van der Waals surface area contributed by atoms with Gasteiger partial charge < -0.3 is 14.8 Å². The molecule has 3 rings (SSSR count). The Bertz CT molecular complexity index is 895. The third kappa shape index (κ3) is 5.20. The van der Waals surface area contributed by atoms with Crippen molar-refractivity contribution < 1.29 is 18.7 Å². The monoisotopic (exact) mass is 367 g/mol. The van der Waals surface area contributed by atoms with Crippen LogP contribution in [0.2, 0.25) is 0 Å². The summed E-state index contributed by atoms with van der Waals surface area (Å²) in [5, 5.41) is 5.07. The molecule has 0 radical (unpaired) electrons. The molecule has 0 saturated heterocycles. The van der Waals surface area contributed by atoms with Gasteiger partial charge in [0.15, 0.2) is 6.10 Å². The molecule has 3 aromatic carbocycles. The lowest BCUT2D eigenvalue weighted by Gasteiger charge is -2.17. The summed E-state index contributed by atoms with van der Waals surface area (Å²) in [6.45, 7) is 2.59. The molecule has 4 nitrogen and oxygen atoms in total. The summed E-state index contributed by atoms with van der Waals surface area (Å²) in [6.07, 6.45) is -0.120. The van der Waals surface area contributed by atoms with Crippen molar-refractivity contribution in [3.63, 3.8) is 0 Å². The Labute approximate surface area is 157 Å². The number of halogens is 1. The molecule has 5 heteroatoms. The van der Waals surface area contributed by atoms with Crippen molar-refractivity contribution in [2.45, 2.75) is 19.4 Å². The number of fused-ring (bicyclic) bond motifs is 1. The van der Waals surface area contributed by atoms with Crippen LogP contribution in [0.4, 0.5) is 4.39 Å². The highest BCUT2D eigenvalue weighted by molar-refractivity contribution is 5.83. The van der Waals surface area contributed by atoms with E-state index in [1.807, 2.05) is 49.4 Å². The minimum absolute atomic E-state index is 0.219. The van der Waals surface area contributed by atoms with E-state index in [-0.39, 0.29) is 11.7 Å². The summed E-state index contributed by atoms with van der Waals surface area (Å²) in [5.41, 5.74) is 0. The fraction of sp³-hybridized carbons (Fsp3) is 0.227. The van der Waals surface area contributed by atoms with Gasteiger partial charge in [0, 0.05) is 0 Å². The molecular formula is C22H22FNO3. The van der Waals surface area contributed by atoms with Crippen molar-refractivity contribution in [2.24, 2.45) is 0 Å². The number of hydrogen-bond donors (Lipinski definition) is 1. The molecule has 0 bridgehead atoms. The average molecular weight is 367 g/mol. The molecule has 0 aliphatic heterocycles. The molecule has 0 saturated carbocycles. The molecular weight excluding hydrogens is 345 g/mol. The van der Waals surface area contributed by atoms with Crippen LogP contribution in [0.15, 0.2) is 66.7 Å². The van der Waals surface area contributed by atoms with E-state index in [9.17, 15) is 9.18 Å². The molecule has 0 aliphatic rings. The van der Waals surface area contributed by atoms with Crippen LogP contribution >= 0.6 is 0 Å². The summed E-state index contributed by atoms with van der Waals surface area (Å²) in [4.78, 5) is 12.3. The van der Waals surface area contributed by atoms with Crippen LogP contribution in [-0.4, -0.2) is 25.2 Å². The highest BCUT2D eigenvalue weighted by Gasteiger charge is 2.17. The molecule has 0 heterocycles. The number of rotatable bonds is 8. The van der Waals surface area contributed by atoms with Gasteiger partial charge in [0.2, 0.25) is 0 Å². The van der Waals surface area contributed by atoms with Crippen molar-refractivity contribution in [2.75, 3.05) is 13.2 Å². The maximum absolute atomic E-state index is 12.9. The number of hydrogen-bond acceptors (Lipinski definition) is 3. The zero-order valence-corrected chi connectivity index (χ0v) is 15.2. The number of nitrogens with one attached hydrogen (secondary N) is 1. The summed E-state index contributed by atoms with van der Waals surface area (Å²) >= 11 is 0. The molecule has 0 spiro atoms. The van der Waals surface area contributed by atoms with E-state index in [0.717, 1.165) is 16.5 Å². The van der Waals surface area contributed by atoms with Crippen molar-refractivity contribution in [1.29, 1.82) is 0 Å². The van der Waals surface area contributed by atoms with Crippen molar-refractivity contribution in [3.8, 4) is 11.5 Å². The van der Waals surface area contributed by atoms with Crippen molar-refractivity contribution in [1.82, 2.24) is 5.32 Å². The minimum atomic E-state index is -0.629. The Kier molecular flexibility index (Phi) is 6.26. The SMILES string of the molecule is CC[C@H](Oc1ccc(F)cc1)C(=O)NCCOc1ccc2ccccc2c1. The number of benzene rings is 3. The Morgan fingerprint density at radius 2 is 1.70 bits per heavy atom. The van der Waals surface area contributed by atoms with Gasteiger partial charge in [0.05, 0.1) is 6.54 Å². The van der Waals surface area contributed by atoms with Crippen LogP contribution in [0.25, 0.3) is 10.8 Å². The lowest BCUT2D eigenvalue weighted by atomic mass is 10.1. The van der Waals surface area contributed by atoms with E-state index in [1.54, 1.807) is 0 Å². The minimum Gasteiger partial charge on any atom is -0.492 e. The van der Waals surface area contributed by atoms with Gasteiger partial charge in [-0.1, -0.05) is 37.3 Å². The maximum atomic E-state index is 12.9. The molecule has 1 amide bonds. The first kappa shape index (κ1) is 18.7. The van der Waals surface area contributed by atoms with Gasteiger partial charge in [-0.15, -0.1) is 0 Å². The van der Waals surface area contributed by atoms with Gasteiger partial charge in [-0.2, -0.15) is 0 Å². The molecule has 1 N–H and O–H groups in total. The highest BCUT2D eigenvalue weighted by Crippen LogP contribution is 2.20. The number of carbonyl (C=O) groups is 1. The molecule has 140 valence electrons.